The third kappa shape index (κ3) is 3.20. The first-order chi connectivity index (χ1) is 12.5. The minimum Gasteiger partial charge on any atom is -0.377 e. The predicted molar refractivity (Wildman–Crippen MR) is 105 cm³/mol. The maximum atomic E-state index is 12.2. The fourth-order valence-corrected chi connectivity index (χ4v) is 4.45. The van der Waals surface area contributed by atoms with Gasteiger partial charge in [-0.15, -0.1) is 0 Å². The number of anilines is 1. The molecule has 1 aromatic carbocycles. The Labute approximate surface area is 164 Å². The zero-order valence-corrected chi connectivity index (χ0v) is 16.3. The van der Waals surface area contributed by atoms with E-state index in [1.165, 1.54) is 17.7 Å². The summed E-state index contributed by atoms with van der Waals surface area (Å²) >= 11 is 13.8. The van der Waals surface area contributed by atoms with Crippen molar-refractivity contribution in [3.8, 4) is 0 Å². The van der Waals surface area contributed by atoms with Crippen LogP contribution in [0.3, 0.4) is 0 Å². The van der Waals surface area contributed by atoms with E-state index in [1.54, 1.807) is 6.07 Å². The van der Waals surface area contributed by atoms with Crippen LogP contribution < -0.4 is 10.5 Å². The first-order valence-electron chi connectivity index (χ1n) is 8.18. The molecule has 0 amide bonds. The van der Waals surface area contributed by atoms with Crippen LogP contribution in [0.1, 0.15) is 12.5 Å². The highest BCUT2D eigenvalue weighted by atomic mass is 35.5. The molecule has 0 saturated carbocycles. The van der Waals surface area contributed by atoms with E-state index in [4.69, 9.17) is 32.9 Å². The third-order valence-electron chi connectivity index (χ3n) is 4.36. The van der Waals surface area contributed by atoms with Crippen molar-refractivity contribution in [1.82, 2.24) is 14.5 Å². The number of nitrogens with zero attached hydrogens (tertiary/aromatic N) is 4. The van der Waals surface area contributed by atoms with Gasteiger partial charge in [0, 0.05) is 6.54 Å². The normalized spacial score (nSPS) is 17.8. The second-order valence-electron chi connectivity index (χ2n) is 6.16. The van der Waals surface area contributed by atoms with E-state index in [9.17, 15) is 4.79 Å². The Morgan fingerprint density at radius 3 is 3.04 bits per heavy atom. The van der Waals surface area contributed by atoms with Gasteiger partial charge in [-0.2, -0.15) is 4.98 Å². The molecule has 136 valence electrons. The molecule has 2 aromatic heterocycles. The zero-order valence-electron chi connectivity index (χ0n) is 14.0. The monoisotopic (exact) mass is 410 g/mol. The highest BCUT2D eigenvalue weighted by molar-refractivity contribution is 7.22. The van der Waals surface area contributed by atoms with Crippen LogP contribution in [-0.2, 0) is 11.3 Å². The molecule has 0 aliphatic carbocycles. The molecule has 3 aromatic rings. The molecule has 6 nitrogen and oxygen atoms in total. The van der Waals surface area contributed by atoms with Gasteiger partial charge in [0.1, 0.15) is 11.0 Å². The minimum atomic E-state index is -0.266. The average Bonchev–Trinajstić information content (AvgIpc) is 3.08. The molecule has 0 bridgehead atoms. The van der Waals surface area contributed by atoms with Gasteiger partial charge >= 0.3 is 0 Å². The number of hydrogen-bond donors (Lipinski definition) is 0. The number of aromatic nitrogens is 3. The lowest BCUT2D eigenvalue weighted by molar-refractivity contribution is 0.0989. The summed E-state index contributed by atoms with van der Waals surface area (Å²) in [6.45, 7) is 4.58. The molecule has 1 atom stereocenters. The summed E-state index contributed by atoms with van der Waals surface area (Å²) in [4.78, 5) is 23.1. The summed E-state index contributed by atoms with van der Waals surface area (Å²) in [5.41, 5.74) is 1.19. The Kier molecular flexibility index (Phi) is 4.88. The smallest absolute Gasteiger partial charge is 0.292 e. The summed E-state index contributed by atoms with van der Waals surface area (Å²) in [5.74, 6) is 0. The van der Waals surface area contributed by atoms with Gasteiger partial charge in [0.2, 0.25) is 0 Å². The highest BCUT2D eigenvalue weighted by Gasteiger charge is 2.23. The summed E-state index contributed by atoms with van der Waals surface area (Å²) in [5, 5.41) is 1.81. The predicted octanol–water partition coefficient (Wildman–Crippen LogP) is 3.43. The van der Waals surface area contributed by atoms with Crippen molar-refractivity contribution in [2.24, 2.45) is 0 Å². The van der Waals surface area contributed by atoms with Crippen molar-refractivity contribution in [1.29, 1.82) is 0 Å². The Bertz CT molecular complexity index is 1020. The molecule has 1 fully saturated rings. The van der Waals surface area contributed by atoms with E-state index >= 15 is 0 Å². The Morgan fingerprint density at radius 2 is 2.23 bits per heavy atom. The lowest BCUT2D eigenvalue weighted by atomic mass is 10.2. The van der Waals surface area contributed by atoms with Crippen LogP contribution in [0.5, 0.6) is 0 Å². The molecule has 1 aliphatic rings. The van der Waals surface area contributed by atoms with Gasteiger partial charge in [0.05, 0.1) is 35.8 Å². The molecule has 0 radical (unpaired) electrons. The van der Waals surface area contributed by atoms with Gasteiger partial charge in [-0.1, -0.05) is 46.7 Å². The average molecular weight is 411 g/mol. The molecule has 1 saturated heterocycles. The Hall–Kier alpha value is -1.67. The Balaban J connectivity index is 1.77. The lowest BCUT2D eigenvalue weighted by Gasteiger charge is -2.32. The van der Waals surface area contributed by atoms with E-state index in [1.807, 2.05) is 16.7 Å². The molecule has 0 N–H and O–H groups in total. The fourth-order valence-electron chi connectivity index (χ4n) is 2.97. The molecule has 3 heterocycles. The molecule has 4 rings (SSSR count). The Morgan fingerprint density at radius 1 is 1.38 bits per heavy atom. The topological polar surface area (TPSA) is 60.2 Å². The molecular formula is C17H16Cl2N4O2S. The number of ether oxygens (including phenoxy) is 1. The van der Waals surface area contributed by atoms with E-state index in [0.29, 0.717) is 40.2 Å². The number of rotatable bonds is 3. The van der Waals surface area contributed by atoms with Crippen LogP contribution in [0, 0.1) is 0 Å². The number of thiazole rings is 1. The molecule has 26 heavy (non-hydrogen) atoms. The van der Waals surface area contributed by atoms with Crippen LogP contribution in [0.25, 0.3) is 10.3 Å². The van der Waals surface area contributed by atoms with E-state index in [-0.39, 0.29) is 11.6 Å². The second kappa shape index (κ2) is 7.15. The largest absolute Gasteiger partial charge is 0.377 e. The van der Waals surface area contributed by atoms with Gasteiger partial charge < -0.3 is 14.2 Å². The quantitative estimate of drug-likeness (QED) is 0.661. The molecule has 9 heteroatoms. The second-order valence-corrected chi connectivity index (χ2v) is 7.92. The van der Waals surface area contributed by atoms with E-state index < -0.39 is 0 Å². The number of benzene rings is 1. The molecule has 1 aliphatic heterocycles. The molecular weight excluding hydrogens is 395 g/mol. The number of fused-ring (bicyclic) bond motifs is 1. The van der Waals surface area contributed by atoms with Crippen molar-refractivity contribution in [3.63, 3.8) is 0 Å². The first kappa shape index (κ1) is 17.7. The lowest BCUT2D eigenvalue weighted by Crippen LogP contribution is -2.43. The van der Waals surface area contributed by atoms with Crippen LogP contribution in [0.4, 0.5) is 5.13 Å². The third-order valence-corrected chi connectivity index (χ3v) is 6.29. The number of hydrogen-bond acceptors (Lipinski definition) is 6. The maximum Gasteiger partial charge on any atom is 0.292 e. The van der Waals surface area contributed by atoms with Gasteiger partial charge in [-0.3, -0.25) is 4.79 Å². The van der Waals surface area contributed by atoms with Gasteiger partial charge in [-0.25, -0.2) is 4.98 Å². The van der Waals surface area contributed by atoms with Crippen LogP contribution >= 0.6 is 34.5 Å². The van der Waals surface area contributed by atoms with Crippen molar-refractivity contribution in [2.45, 2.75) is 19.5 Å². The van der Waals surface area contributed by atoms with Gasteiger partial charge in [0.25, 0.3) is 5.56 Å². The number of halogens is 2. The fraction of sp³-hybridized carbons (Fsp3) is 0.353. The first-order valence-corrected chi connectivity index (χ1v) is 9.75. The standard InChI is InChI=1S/C17H16Cl2N4O2S/c1-10-8-25-6-5-23(10)17-21-15-14(26-17)16(24)20-9-22(15)7-11-3-2-4-12(18)13(11)19/h2-4,9-10H,5-8H2,1H3. The summed E-state index contributed by atoms with van der Waals surface area (Å²) in [7, 11) is 0. The molecule has 0 spiro atoms. The summed E-state index contributed by atoms with van der Waals surface area (Å²) in [6.07, 6.45) is 1.51. The van der Waals surface area contributed by atoms with Crippen LogP contribution in [-0.4, -0.2) is 40.3 Å². The SMILES string of the molecule is CC1COCCN1c1nc2c(s1)c(=O)ncn2Cc1cccc(Cl)c1Cl. The van der Waals surface area contributed by atoms with E-state index in [2.05, 4.69) is 16.8 Å². The van der Waals surface area contributed by atoms with Gasteiger partial charge in [0.15, 0.2) is 10.8 Å². The van der Waals surface area contributed by atoms with Crippen molar-refractivity contribution in [3.05, 3.63) is 50.5 Å². The molecule has 1 unspecified atom stereocenters. The number of morpholine rings is 1. The van der Waals surface area contributed by atoms with Crippen LogP contribution in [0.15, 0.2) is 29.3 Å². The minimum absolute atomic E-state index is 0.211. The zero-order chi connectivity index (χ0) is 18.3. The summed E-state index contributed by atoms with van der Waals surface area (Å²) in [6, 6.07) is 5.70. The van der Waals surface area contributed by atoms with E-state index in [0.717, 1.165) is 17.2 Å². The van der Waals surface area contributed by atoms with Gasteiger partial charge in [-0.05, 0) is 18.6 Å². The van der Waals surface area contributed by atoms with Crippen molar-refractivity contribution in [2.75, 3.05) is 24.7 Å². The highest BCUT2D eigenvalue weighted by Crippen LogP contribution is 2.30. The van der Waals surface area contributed by atoms with Crippen LogP contribution in [0.2, 0.25) is 10.0 Å². The summed E-state index contributed by atoms with van der Waals surface area (Å²) < 4.78 is 7.86. The van der Waals surface area contributed by atoms with Crippen molar-refractivity contribution < 1.29 is 4.74 Å². The maximum absolute atomic E-state index is 12.2. The van der Waals surface area contributed by atoms with Crippen molar-refractivity contribution >= 4 is 50.0 Å².